The number of rotatable bonds is 8. The molecular formula is C14H26N4. The zero-order chi connectivity index (χ0) is 13.4. The van der Waals surface area contributed by atoms with Gasteiger partial charge in [-0.05, 0) is 26.9 Å². The highest BCUT2D eigenvalue weighted by molar-refractivity contribution is 5.36. The predicted octanol–water partition coefficient (Wildman–Crippen LogP) is 2.36. The first-order valence-electron chi connectivity index (χ1n) is 6.91. The van der Waals surface area contributed by atoms with Crippen LogP contribution in [0.2, 0.25) is 0 Å². The molecule has 1 rings (SSSR count). The Morgan fingerprint density at radius 3 is 2.50 bits per heavy atom. The summed E-state index contributed by atoms with van der Waals surface area (Å²) in [5.74, 6) is 1.93. The van der Waals surface area contributed by atoms with Gasteiger partial charge in [-0.3, -0.25) is 0 Å². The van der Waals surface area contributed by atoms with Crippen molar-refractivity contribution in [3.63, 3.8) is 0 Å². The largest absolute Gasteiger partial charge is 0.370 e. The van der Waals surface area contributed by atoms with Crippen LogP contribution in [0.5, 0.6) is 0 Å². The fourth-order valence-corrected chi connectivity index (χ4v) is 1.72. The van der Waals surface area contributed by atoms with Crippen LogP contribution in [0.25, 0.3) is 0 Å². The van der Waals surface area contributed by atoms with E-state index in [-0.39, 0.29) is 0 Å². The molecule has 1 aromatic rings. The van der Waals surface area contributed by atoms with E-state index in [9.17, 15) is 0 Å². The maximum Gasteiger partial charge on any atom is 0.132 e. The van der Waals surface area contributed by atoms with Gasteiger partial charge in [0, 0.05) is 31.3 Å². The van der Waals surface area contributed by atoms with Gasteiger partial charge in [0.1, 0.15) is 11.6 Å². The molecule has 1 heterocycles. The van der Waals surface area contributed by atoms with E-state index in [1.807, 2.05) is 0 Å². The van der Waals surface area contributed by atoms with E-state index in [4.69, 9.17) is 0 Å². The number of hydrogen-bond donors (Lipinski definition) is 1. The molecule has 4 heteroatoms. The minimum Gasteiger partial charge on any atom is -0.370 e. The lowest BCUT2D eigenvalue weighted by atomic mass is 10.2. The fourth-order valence-electron chi connectivity index (χ4n) is 1.72. The van der Waals surface area contributed by atoms with Crippen LogP contribution in [0.1, 0.15) is 38.2 Å². The van der Waals surface area contributed by atoms with Crippen LogP contribution in [0.15, 0.2) is 6.07 Å². The Kier molecular flexibility index (Phi) is 6.65. The van der Waals surface area contributed by atoms with Gasteiger partial charge in [-0.25, -0.2) is 9.97 Å². The molecule has 0 bridgehead atoms. The minimum absolute atomic E-state index is 0.908. The molecule has 1 aromatic heterocycles. The summed E-state index contributed by atoms with van der Waals surface area (Å²) in [5, 5.41) is 3.36. The molecule has 0 aliphatic rings. The third-order valence-corrected chi connectivity index (χ3v) is 2.67. The smallest absolute Gasteiger partial charge is 0.132 e. The van der Waals surface area contributed by atoms with Crippen LogP contribution in [-0.2, 0) is 12.8 Å². The Hall–Kier alpha value is -1.16. The van der Waals surface area contributed by atoms with Crippen LogP contribution >= 0.6 is 0 Å². The molecule has 0 unspecified atom stereocenters. The van der Waals surface area contributed by atoms with E-state index < -0.39 is 0 Å². The standard InChI is InChI=1S/C14H26N4/c1-5-7-12-11-14(15-9-6-2)17-13(16-12)8-10-18(3)4/h11H,5-10H2,1-4H3,(H,15,16,17). The molecule has 0 fully saturated rings. The van der Waals surface area contributed by atoms with Crippen molar-refractivity contribution in [2.45, 2.75) is 39.5 Å². The SMILES string of the molecule is CCCNc1cc(CCC)nc(CCN(C)C)n1. The highest BCUT2D eigenvalue weighted by Gasteiger charge is 2.04. The summed E-state index contributed by atoms with van der Waals surface area (Å²) in [6.07, 6.45) is 4.17. The highest BCUT2D eigenvalue weighted by atomic mass is 15.1. The highest BCUT2D eigenvalue weighted by Crippen LogP contribution is 2.09. The summed E-state index contributed by atoms with van der Waals surface area (Å²) in [5.41, 5.74) is 1.15. The van der Waals surface area contributed by atoms with Gasteiger partial charge in [-0.2, -0.15) is 0 Å². The van der Waals surface area contributed by atoms with Crippen molar-refractivity contribution in [2.75, 3.05) is 32.5 Å². The molecule has 0 atom stereocenters. The van der Waals surface area contributed by atoms with Crippen LogP contribution < -0.4 is 5.32 Å². The maximum absolute atomic E-state index is 4.63. The number of likely N-dealkylation sites (N-methyl/N-ethyl adjacent to an activating group) is 1. The van der Waals surface area contributed by atoms with E-state index in [1.54, 1.807) is 0 Å². The van der Waals surface area contributed by atoms with Crippen molar-refractivity contribution >= 4 is 5.82 Å². The summed E-state index contributed by atoms with van der Waals surface area (Å²) >= 11 is 0. The number of nitrogens with one attached hydrogen (secondary N) is 1. The number of aromatic nitrogens is 2. The van der Waals surface area contributed by atoms with Crippen LogP contribution in [0.4, 0.5) is 5.82 Å². The van der Waals surface area contributed by atoms with Gasteiger partial charge >= 0.3 is 0 Å². The number of nitrogens with zero attached hydrogens (tertiary/aromatic N) is 3. The average molecular weight is 250 g/mol. The number of hydrogen-bond acceptors (Lipinski definition) is 4. The first-order chi connectivity index (χ1) is 8.65. The molecule has 0 aromatic carbocycles. The first kappa shape index (κ1) is 14.9. The third-order valence-electron chi connectivity index (χ3n) is 2.67. The van der Waals surface area contributed by atoms with Crippen LogP contribution in [0.3, 0.4) is 0 Å². The summed E-state index contributed by atoms with van der Waals surface area (Å²) in [4.78, 5) is 11.4. The Morgan fingerprint density at radius 1 is 1.11 bits per heavy atom. The second kappa shape index (κ2) is 8.03. The van der Waals surface area contributed by atoms with Gasteiger partial charge in [-0.1, -0.05) is 20.3 Å². The second-order valence-corrected chi connectivity index (χ2v) is 4.89. The van der Waals surface area contributed by atoms with Gasteiger partial charge in [0.25, 0.3) is 0 Å². The van der Waals surface area contributed by atoms with Gasteiger partial charge in [0.2, 0.25) is 0 Å². The Labute approximate surface area is 111 Å². The Bertz CT molecular complexity index is 350. The van der Waals surface area contributed by atoms with Gasteiger partial charge in [0.05, 0.1) is 0 Å². The lowest BCUT2D eigenvalue weighted by Crippen LogP contribution is -2.17. The molecule has 4 nitrogen and oxygen atoms in total. The monoisotopic (exact) mass is 250 g/mol. The summed E-state index contributed by atoms with van der Waals surface area (Å²) in [7, 11) is 4.15. The summed E-state index contributed by atoms with van der Waals surface area (Å²) in [6, 6.07) is 2.08. The van der Waals surface area contributed by atoms with Crippen molar-refractivity contribution in [2.24, 2.45) is 0 Å². The van der Waals surface area contributed by atoms with E-state index in [1.165, 1.54) is 0 Å². The Balaban J connectivity index is 2.76. The van der Waals surface area contributed by atoms with Gasteiger partial charge < -0.3 is 10.2 Å². The molecular weight excluding hydrogens is 224 g/mol. The minimum atomic E-state index is 0.908. The Morgan fingerprint density at radius 2 is 1.89 bits per heavy atom. The zero-order valence-electron chi connectivity index (χ0n) is 12.2. The summed E-state index contributed by atoms with van der Waals surface area (Å²) in [6.45, 7) is 6.30. The molecule has 0 saturated carbocycles. The molecule has 0 aliphatic carbocycles. The van der Waals surface area contributed by atoms with E-state index >= 15 is 0 Å². The zero-order valence-corrected chi connectivity index (χ0v) is 12.2. The summed E-state index contributed by atoms with van der Waals surface area (Å²) < 4.78 is 0. The molecule has 0 radical (unpaired) electrons. The molecule has 1 N–H and O–H groups in total. The molecule has 18 heavy (non-hydrogen) atoms. The first-order valence-corrected chi connectivity index (χ1v) is 6.91. The lowest BCUT2D eigenvalue weighted by molar-refractivity contribution is 0.409. The van der Waals surface area contributed by atoms with E-state index in [2.05, 4.69) is 54.2 Å². The van der Waals surface area contributed by atoms with E-state index in [0.717, 1.165) is 56.1 Å². The maximum atomic E-state index is 4.63. The number of anilines is 1. The van der Waals surface area contributed by atoms with Crippen LogP contribution in [-0.4, -0.2) is 42.1 Å². The average Bonchev–Trinajstić information content (AvgIpc) is 2.34. The molecule has 0 aliphatic heterocycles. The van der Waals surface area contributed by atoms with Crippen molar-refractivity contribution in [3.05, 3.63) is 17.6 Å². The van der Waals surface area contributed by atoms with Gasteiger partial charge in [0.15, 0.2) is 0 Å². The molecule has 0 spiro atoms. The topological polar surface area (TPSA) is 41.1 Å². The van der Waals surface area contributed by atoms with Crippen molar-refractivity contribution in [3.8, 4) is 0 Å². The second-order valence-electron chi connectivity index (χ2n) is 4.89. The molecule has 0 amide bonds. The van der Waals surface area contributed by atoms with Crippen molar-refractivity contribution < 1.29 is 0 Å². The molecule has 0 saturated heterocycles. The fraction of sp³-hybridized carbons (Fsp3) is 0.714. The quantitative estimate of drug-likeness (QED) is 0.769. The van der Waals surface area contributed by atoms with Crippen molar-refractivity contribution in [1.82, 2.24) is 14.9 Å². The van der Waals surface area contributed by atoms with Crippen LogP contribution in [0, 0.1) is 0 Å². The van der Waals surface area contributed by atoms with E-state index in [0.29, 0.717) is 0 Å². The van der Waals surface area contributed by atoms with Crippen molar-refractivity contribution in [1.29, 1.82) is 0 Å². The normalized spacial score (nSPS) is 10.9. The third kappa shape index (κ3) is 5.45. The lowest BCUT2D eigenvalue weighted by Gasteiger charge is -2.11. The van der Waals surface area contributed by atoms with Gasteiger partial charge in [-0.15, -0.1) is 0 Å². The number of aryl methyl sites for hydroxylation is 1. The molecule has 102 valence electrons. The predicted molar refractivity (Wildman–Crippen MR) is 77.1 cm³/mol.